The molecule has 0 radical (unpaired) electrons. The van der Waals surface area contributed by atoms with Crippen LogP contribution in [0.4, 0.5) is 5.13 Å². The Bertz CT molecular complexity index is 466. The maximum absolute atomic E-state index is 8.92. The summed E-state index contributed by atoms with van der Waals surface area (Å²) in [4.78, 5) is 7.16. The molecule has 2 bridgehead atoms. The summed E-state index contributed by atoms with van der Waals surface area (Å²) in [6, 6.07) is 3.37. The number of nitrogens with two attached hydrogens (primary N) is 1. The van der Waals surface area contributed by atoms with Gasteiger partial charge in [0.2, 0.25) is 0 Å². The number of anilines is 1. The van der Waals surface area contributed by atoms with Crippen LogP contribution in [0.25, 0.3) is 0 Å². The molecule has 17 heavy (non-hydrogen) atoms. The summed E-state index contributed by atoms with van der Waals surface area (Å²) in [5.74, 6) is 0. The van der Waals surface area contributed by atoms with Crippen LogP contribution in [0.1, 0.15) is 30.6 Å². The van der Waals surface area contributed by atoms with Gasteiger partial charge >= 0.3 is 0 Å². The van der Waals surface area contributed by atoms with Crippen molar-refractivity contribution in [2.45, 2.75) is 43.8 Å². The van der Waals surface area contributed by atoms with Crippen molar-refractivity contribution in [1.82, 2.24) is 4.98 Å². The molecule has 2 unspecified atom stereocenters. The fourth-order valence-corrected chi connectivity index (χ4v) is 4.19. The van der Waals surface area contributed by atoms with E-state index in [2.05, 4.69) is 16.0 Å². The van der Waals surface area contributed by atoms with Crippen molar-refractivity contribution >= 4 is 28.1 Å². The standard InChI is InChI=1S/C11H13ClN4S/c12-10-9(5-13)17-11(15-10)16-7-1-2-8(16)4-6(14)3-7/h6-8H,1-4,14H2. The van der Waals surface area contributed by atoms with E-state index < -0.39 is 0 Å². The number of aromatic nitrogens is 1. The molecule has 2 aliphatic heterocycles. The van der Waals surface area contributed by atoms with Gasteiger partial charge in [-0.3, -0.25) is 0 Å². The van der Waals surface area contributed by atoms with Crippen LogP contribution < -0.4 is 10.6 Å². The van der Waals surface area contributed by atoms with Crippen LogP contribution in [0.5, 0.6) is 0 Å². The van der Waals surface area contributed by atoms with E-state index in [0.717, 1.165) is 18.0 Å². The quantitative estimate of drug-likeness (QED) is 0.847. The summed E-state index contributed by atoms with van der Waals surface area (Å²) in [5, 5.41) is 10.1. The third kappa shape index (κ3) is 1.81. The number of hydrogen-bond acceptors (Lipinski definition) is 5. The molecule has 3 heterocycles. The van der Waals surface area contributed by atoms with Crippen LogP contribution in [0.3, 0.4) is 0 Å². The Kier molecular flexibility index (Phi) is 2.74. The van der Waals surface area contributed by atoms with E-state index in [1.165, 1.54) is 24.2 Å². The average Bonchev–Trinajstić information content (AvgIpc) is 2.77. The predicted molar refractivity (Wildman–Crippen MR) is 68.3 cm³/mol. The van der Waals surface area contributed by atoms with Crippen LogP contribution in [0.15, 0.2) is 0 Å². The van der Waals surface area contributed by atoms with E-state index in [9.17, 15) is 0 Å². The zero-order valence-corrected chi connectivity index (χ0v) is 10.8. The topological polar surface area (TPSA) is 65.9 Å². The van der Waals surface area contributed by atoms with Gasteiger partial charge in [-0.1, -0.05) is 22.9 Å². The molecule has 2 saturated heterocycles. The molecule has 2 aliphatic rings. The van der Waals surface area contributed by atoms with Gasteiger partial charge < -0.3 is 10.6 Å². The van der Waals surface area contributed by atoms with Crippen molar-refractivity contribution in [3.8, 4) is 6.07 Å². The zero-order valence-electron chi connectivity index (χ0n) is 9.27. The molecule has 6 heteroatoms. The van der Waals surface area contributed by atoms with Gasteiger partial charge in [-0.2, -0.15) is 5.26 Å². The van der Waals surface area contributed by atoms with Crippen molar-refractivity contribution in [3.05, 3.63) is 10.0 Å². The maximum atomic E-state index is 8.92. The number of rotatable bonds is 1. The maximum Gasteiger partial charge on any atom is 0.188 e. The number of nitrogens with zero attached hydrogens (tertiary/aromatic N) is 3. The van der Waals surface area contributed by atoms with E-state index in [-0.39, 0.29) is 0 Å². The molecule has 2 N–H and O–H groups in total. The molecule has 0 spiro atoms. The van der Waals surface area contributed by atoms with Gasteiger partial charge in [-0.05, 0) is 25.7 Å². The summed E-state index contributed by atoms with van der Waals surface area (Å²) in [6.45, 7) is 0. The van der Waals surface area contributed by atoms with Crippen LogP contribution in [0.2, 0.25) is 5.15 Å². The Morgan fingerprint density at radius 2 is 2.06 bits per heavy atom. The lowest BCUT2D eigenvalue weighted by molar-refractivity contribution is 0.414. The second kappa shape index (κ2) is 4.13. The molecule has 2 atom stereocenters. The molecular formula is C11H13ClN4S. The number of piperidine rings is 1. The molecule has 1 aromatic rings. The molecule has 0 saturated carbocycles. The Morgan fingerprint density at radius 3 is 2.59 bits per heavy atom. The van der Waals surface area contributed by atoms with Gasteiger partial charge in [0.05, 0.1) is 0 Å². The van der Waals surface area contributed by atoms with Crippen molar-refractivity contribution in [2.75, 3.05) is 4.90 Å². The first-order valence-electron chi connectivity index (χ1n) is 5.79. The molecule has 0 aromatic carbocycles. The van der Waals surface area contributed by atoms with E-state index in [0.29, 0.717) is 28.2 Å². The van der Waals surface area contributed by atoms with Crippen LogP contribution in [-0.4, -0.2) is 23.1 Å². The van der Waals surface area contributed by atoms with Crippen LogP contribution >= 0.6 is 22.9 Å². The number of nitriles is 1. The number of fused-ring (bicyclic) bond motifs is 2. The Balaban J connectivity index is 1.92. The molecule has 0 aliphatic carbocycles. The lowest BCUT2D eigenvalue weighted by Gasteiger charge is -2.37. The Hall–Kier alpha value is -0.830. The summed E-state index contributed by atoms with van der Waals surface area (Å²) >= 11 is 7.33. The highest BCUT2D eigenvalue weighted by molar-refractivity contribution is 7.16. The third-order valence-corrected chi connectivity index (χ3v) is 5.03. The molecule has 1 aromatic heterocycles. The fraction of sp³-hybridized carbons (Fsp3) is 0.636. The van der Waals surface area contributed by atoms with Crippen molar-refractivity contribution in [1.29, 1.82) is 5.26 Å². The summed E-state index contributed by atoms with van der Waals surface area (Å²) in [7, 11) is 0. The lowest BCUT2D eigenvalue weighted by atomic mass is 9.99. The van der Waals surface area contributed by atoms with Crippen molar-refractivity contribution in [3.63, 3.8) is 0 Å². The summed E-state index contributed by atoms with van der Waals surface area (Å²) < 4.78 is 0. The normalized spacial score (nSPS) is 31.6. The van der Waals surface area contributed by atoms with E-state index in [1.54, 1.807) is 0 Å². The Labute approximate surface area is 109 Å². The SMILES string of the molecule is N#Cc1sc(N2C3CCC2CC(N)C3)nc1Cl. The first kappa shape index (κ1) is 11.3. The van der Waals surface area contributed by atoms with Crippen molar-refractivity contribution < 1.29 is 0 Å². The van der Waals surface area contributed by atoms with E-state index in [1.807, 2.05) is 0 Å². The zero-order chi connectivity index (χ0) is 12.0. The first-order valence-corrected chi connectivity index (χ1v) is 6.99. The lowest BCUT2D eigenvalue weighted by Crippen LogP contribution is -2.47. The molecule has 2 fully saturated rings. The van der Waals surface area contributed by atoms with Gasteiger partial charge in [0.15, 0.2) is 10.3 Å². The predicted octanol–water partition coefficient (Wildman–Crippen LogP) is 2.13. The molecule has 90 valence electrons. The molecular weight excluding hydrogens is 256 g/mol. The van der Waals surface area contributed by atoms with E-state index in [4.69, 9.17) is 22.6 Å². The largest absolute Gasteiger partial charge is 0.342 e. The third-order valence-electron chi connectivity index (χ3n) is 3.67. The smallest absolute Gasteiger partial charge is 0.188 e. The average molecular weight is 269 g/mol. The van der Waals surface area contributed by atoms with Gasteiger partial charge in [-0.15, -0.1) is 0 Å². The number of hydrogen-bond donors (Lipinski definition) is 1. The highest BCUT2D eigenvalue weighted by Gasteiger charge is 2.41. The number of thiazole rings is 1. The van der Waals surface area contributed by atoms with Gasteiger partial charge in [0.25, 0.3) is 0 Å². The second-order valence-corrected chi connectivity index (χ2v) is 6.09. The second-order valence-electron chi connectivity index (χ2n) is 4.75. The highest BCUT2D eigenvalue weighted by atomic mass is 35.5. The monoisotopic (exact) mass is 268 g/mol. The van der Waals surface area contributed by atoms with Crippen LogP contribution in [-0.2, 0) is 0 Å². The number of halogens is 1. The van der Waals surface area contributed by atoms with Gasteiger partial charge in [0, 0.05) is 18.1 Å². The fourth-order valence-electron chi connectivity index (χ4n) is 3.00. The molecule has 3 rings (SSSR count). The summed E-state index contributed by atoms with van der Waals surface area (Å²) in [5.41, 5.74) is 6.04. The minimum Gasteiger partial charge on any atom is -0.342 e. The van der Waals surface area contributed by atoms with E-state index >= 15 is 0 Å². The molecule has 4 nitrogen and oxygen atoms in total. The highest BCUT2D eigenvalue weighted by Crippen LogP contribution is 2.41. The van der Waals surface area contributed by atoms with Crippen molar-refractivity contribution in [2.24, 2.45) is 5.73 Å². The summed E-state index contributed by atoms with van der Waals surface area (Å²) in [6.07, 6.45) is 4.40. The van der Waals surface area contributed by atoms with Crippen LogP contribution in [0, 0.1) is 11.3 Å². The minimum absolute atomic E-state index is 0.314. The minimum atomic E-state index is 0.314. The van der Waals surface area contributed by atoms with Gasteiger partial charge in [-0.25, -0.2) is 4.98 Å². The molecule has 0 amide bonds. The first-order chi connectivity index (χ1) is 8.19. The van der Waals surface area contributed by atoms with Gasteiger partial charge in [0.1, 0.15) is 10.9 Å². The Morgan fingerprint density at radius 1 is 1.41 bits per heavy atom.